The van der Waals surface area contributed by atoms with Gasteiger partial charge in [0.15, 0.2) is 5.78 Å². The summed E-state index contributed by atoms with van der Waals surface area (Å²) >= 11 is 0. The molecule has 1 aliphatic carbocycles. The number of hydrogen-bond acceptors (Lipinski definition) is 3. The summed E-state index contributed by atoms with van der Waals surface area (Å²) in [5, 5.41) is 4.14. The average molecular weight is 207 g/mol. The van der Waals surface area contributed by atoms with Crippen LogP contribution in [0.4, 0.5) is 0 Å². The van der Waals surface area contributed by atoms with Crippen molar-refractivity contribution in [1.29, 1.82) is 0 Å². The Morgan fingerprint density at radius 1 is 1.67 bits per heavy atom. The molecule has 2 N–H and O–H groups in total. The Labute approximate surface area is 89.5 Å². The van der Waals surface area contributed by atoms with Gasteiger partial charge in [0, 0.05) is 12.7 Å². The van der Waals surface area contributed by atoms with Gasteiger partial charge in [0.05, 0.1) is 17.3 Å². The zero-order valence-electron chi connectivity index (χ0n) is 9.07. The van der Waals surface area contributed by atoms with E-state index in [1.165, 1.54) is 0 Å². The molecule has 0 aromatic carbocycles. The second-order valence-electron chi connectivity index (χ2n) is 4.33. The van der Waals surface area contributed by atoms with Gasteiger partial charge in [0.25, 0.3) is 0 Å². The van der Waals surface area contributed by atoms with Gasteiger partial charge in [-0.25, -0.2) is 0 Å². The van der Waals surface area contributed by atoms with E-state index in [0.29, 0.717) is 5.56 Å². The first-order valence-electron chi connectivity index (χ1n) is 5.52. The molecule has 1 aromatic heterocycles. The topological polar surface area (TPSA) is 60.9 Å². The van der Waals surface area contributed by atoms with Crippen LogP contribution >= 0.6 is 0 Å². The molecular formula is C11H17N3O. The van der Waals surface area contributed by atoms with Crippen molar-refractivity contribution in [2.45, 2.75) is 44.7 Å². The second kappa shape index (κ2) is 3.77. The number of Topliss-reactive ketones (excluding diaryl/α,β-unsaturated/α-hetero) is 1. The minimum atomic E-state index is -0.597. The lowest BCUT2D eigenvalue weighted by molar-refractivity contribution is 0.0800. The molecule has 2 rings (SSSR count). The minimum absolute atomic E-state index is 0.0519. The first-order valence-corrected chi connectivity index (χ1v) is 5.52. The molecule has 1 fully saturated rings. The van der Waals surface area contributed by atoms with Gasteiger partial charge in [-0.05, 0) is 25.7 Å². The first-order chi connectivity index (χ1) is 7.15. The molecule has 0 aliphatic heterocycles. The summed E-state index contributed by atoms with van der Waals surface area (Å²) in [7, 11) is 0. The Hall–Kier alpha value is -1.16. The molecule has 0 saturated heterocycles. The fourth-order valence-corrected chi connectivity index (χ4v) is 1.90. The van der Waals surface area contributed by atoms with Crippen LogP contribution in [0.1, 0.15) is 43.0 Å². The third-order valence-corrected chi connectivity index (χ3v) is 3.05. The summed E-state index contributed by atoms with van der Waals surface area (Å²) in [4.78, 5) is 12.0. The van der Waals surface area contributed by atoms with E-state index in [1.54, 1.807) is 17.1 Å². The molecule has 1 aromatic rings. The van der Waals surface area contributed by atoms with Crippen LogP contribution in [0, 0.1) is 0 Å². The fourth-order valence-electron chi connectivity index (χ4n) is 1.90. The van der Waals surface area contributed by atoms with Crippen molar-refractivity contribution in [3.05, 3.63) is 18.0 Å². The summed E-state index contributed by atoms with van der Waals surface area (Å²) in [5.41, 5.74) is 6.04. The molecule has 0 spiro atoms. The summed E-state index contributed by atoms with van der Waals surface area (Å²) in [5.74, 6) is 0.0519. The van der Waals surface area contributed by atoms with Gasteiger partial charge in [-0.2, -0.15) is 5.10 Å². The van der Waals surface area contributed by atoms with Gasteiger partial charge in [0.2, 0.25) is 0 Å². The predicted molar refractivity (Wildman–Crippen MR) is 57.6 cm³/mol. The number of aromatic nitrogens is 2. The number of ketones is 1. The van der Waals surface area contributed by atoms with E-state index >= 15 is 0 Å². The van der Waals surface area contributed by atoms with Crippen LogP contribution < -0.4 is 5.73 Å². The van der Waals surface area contributed by atoms with E-state index in [2.05, 4.69) is 12.0 Å². The van der Waals surface area contributed by atoms with Gasteiger partial charge in [-0.1, -0.05) is 6.92 Å². The summed E-state index contributed by atoms with van der Waals surface area (Å²) in [6, 6.07) is 0. The van der Waals surface area contributed by atoms with Crippen LogP contribution in [-0.4, -0.2) is 21.1 Å². The van der Waals surface area contributed by atoms with Gasteiger partial charge in [0.1, 0.15) is 0 Å². The lowest BCUT2D eigenvalue weighted by atomic mass is 9.73. The monoisotopic (exact) mass is 207 g/mol. The number of carbonyl (C=O) groups excluding carboxylic acids is 1. The number of nitrogens with two attached hydrogens (primary N) is 1. The van der Waals surface area contributed by atoms with Gasteiger partial charge >= 0.3 is 0 Å². The number of carbonyl (C=O) groups is 1. The van der Waals surface area contributed by atoms with Crippen molar-refractivity contribution in [3.8, 4) is 0 Å². The molecular weight excluding hydrogens is 190 g/mol. The Morgan fingerprint density at radius 2 is 2.40 bits per heavy atom. The number of rotatable bonds is 4. The average Bonchev–Trinajstić information content (AvgIpc) is 2.62. The lowest BCUT2D eigenvalue weighted by Gasteiger charge is -2.35. The number of hydrogen-bond donors (Lipinski definition) is 1. The molecule has 0 atom stereocenters. The Bertz CT molecular complexity index is 366. The van der Waals surface area contributed by atoms with Gasteiger partial charge < -0.3 is 5.73 Å². The van der Waals surface area contributed by atoms with E-state index in [4.69, 9.17) is 5.73 Å². The van der Waals surface area contributed by atoms with E-state index in [9.17, 15) is 4.79 Å². The third-order valence-electron chi connectivity index (χ3n) is 3.05. The molecule has 4 nitrogen and oxygen atoms in total. The van der Waals surface area contributed by atoms with Crippen LogP contribution in [-0.2, 0) is 6.54 Å². The van der Waals surface area contributed by atoms with E-state index in [-0.39, 0.29) is 5.78 Å². The van der Waals surface area contributed by atoms with Crippen molar-refractivity contribution < 1.29 is 4.79 Å². The summed E-state index contributed by atoms with van der Waals surface area (Å²) in [6.45, 7) is 2.93. The molecule has 0 amide bonds. The lowest BCUT2D eigenvalue weighted by Crippen LogP contribution is -2.53. The van der Waals surface area contributed by atoms with E-state index in [0.717, 1.165) is 32.2 Å². The molecule has 0 radical (unpaired) electrons. The van der Waals surface area contributed by atoms with Gasteiger partial charge in [-0.3, -0.25) is 9.48 Å². The van der Waals surface area contributed by atoms with Crippen LogP contribution in [0.15, 0.2) is 12.4 Å². The highest BCUT2D eigenvalue weighted by Crippen LogP contribution is 2.32. The van der Waals surface area contributed by atoms with Crippen molar-refractivity contribution in [3.63, 3.8) is 0 Å². The largest absolute Gasteiger partial charge is 0.319 e. The molecule has 1 saturated carbocycles. The normalized spacial score (nSPS) is 18.5. The molecule has 1 heterocycles. The number of nitrogens with zero attached hydrogens (tertiary/aromatic N) is 2. The highest BCUT2D eigenvalue weighted by atomic mass is 16.1. The second-order valence-corrected chi connectivity index (χ2v) is 4.33. The van der Waals surface area contributed by atoms with Crippen LogP contribution in [0.2, 0.25) is 0 Å². The van der Waals surface area contributed by atoms with Gasteiger partial charge in [-0.15, -0.1) is 0 Å². The van der Waals surface area contributed by atoms with Crippen molar-refractivity contribution in [1.82, 2.24) is 9.78 Å². The quantitative estimate of drug-likeness (QED) is 0.758. The molecule has 82 valence electrons. The zero-order chi connectivity index (χ0) is 10.9. The van der Waals surface area contributed by atoms with Crippen LogP contribution in [0.25, 0.3) is 0 Å². The van der Waals surface area contributed by atoms with Crippen molar-refractivity contribution in [2.24, 2.45) is 5.73 Å². The Morgan fingerprint density at radius 3 is 2.93 bits per heavy atom. The third kappa shape index (κ3) is 1.81. The minimum Gasteiger partial charge on any atom is -0.319 e. The number of aryl methyl sites for hydroxylation is 1. The van der Waals surface area contributed by atoms with Crippen LogP contribution in [0.3, 0.4) is 0 Å². The zero-order valence-corrected chi connectivity index (χ0v) is 9.07. The smallest absolute Gasteiger partial charge is 0.185 e. The first kappa shape index (κ1) is 10.4. The van der Waals surface area contributed by atoms with Crippen molar-refractivity contribution in [2.75, 3.05) is 0 Å². The molecule has 4 heteroatoms. The highest BCUT2D eigenvalue weighted by molar-refractivity contribution is 6.03. The molecule has 0 unspecified atom stereocenters. The summed E-state index contributed by atoms with van der Waals surface area (Å²) in [6.07, 6.45) is 7.13. The molecule has 15 heavy (non-hydrogen) atoms. The Kier molecular flexibility index (Phi) is 2.61. The summed E-state index contributed by atoms with van der Waals surface area (Å²) < 4.78 is 1.80. The maximum atomic E-state index is 12.0. The predicted octanol–water partition coefficient (Wildman–Crippen LogP) is 1.36. The molecule has 1 aliphatic rings. The van der Waals surface area contributed by atoms with E-state index in [1.807, 2.05) is 0 Å². The Balaban J connectivity index is 2.11. The maximum absolute atomic E-state index is 12.0. The SMILES string of the molecule is CCCn1cc(C(=O)C2(N)CCC2)cn1. The highest BCUT2D eigenvalue weighted by Gasteiger charge is 2.40. The molecule has 0 bridgehead atoms. The van der Waals surface area contributed by atoms with Crippen molar-refractivity contribution >= 4 is 5.78 Å². The standard InChI is InChI=1S/C11H17N3O/c1-2-6-14-8-9(7-13-14)10(15)11(12)4-3-5-11/h7-8H,2-6,12H2,1H3. The van der Waals surface area contributed by atoms with Crippen LogP contribution in [0.5, 0.6) is 0 Å². The fraction of sp³-hybridized carbons (Fsp3) is 0.636. The van der Waals surface area contributed by atoms with E-state index < -0.39 is 5.54 Å². The maximum Gasteiger partial charge on any atom is 0.185 e.